The first-order chi connectivity index (χ1) is 26.3. The monoisotopic (exact) mass is 735 g/mol. The van der Waals surface area contributed by atoms with E-state index >= 15 is 0 Å². The average Bonchev–Trinajstić information content (AvgIpc) is 3.21. The van der Waals surface area contributed by atoms with E-state index in [1.807, 2.05) is 54.3 Å². The van der Waals surface area contributed by atoms with Gasteiger partial charge in [0.15, 0.2) is 11.5 Å². The van der Waals surface area contributed by atoms with Gasteiger partial charge in [-0.1, -0.05) is 13.0 Å². The van der Waals surface area contributed by atoms with Crippen LogP contribution in [-0.2, 0) is 18.0 Å². The molecular formula is C44H53N3O7. The number of nitrogens with zero attached hydrogens (tertiary/aromatic N) is 2. The predicted octanol–water partition coefficient (Wildman–Crippen LogP) is 8.31. The third-order valence-corrected chi connectivity index (χ3v) is 10.2. The lowest BCUT2D eigenvalue weighted by molar-refractivity contribution is 0.0682. The van der Waals surface area contributed by atoms with Crippen molar-refractivity contribution in [3.8, 4) is 23.0 Å². The molecule has 54 heavy (non-hydrogen) atoms. The number of methoxy groups -OCH3 is 1. The summed E-state index contributed by atoms with van der Waals surface area (Å²) in [4.78, 5) is 30.2. The van der Waals surface area contributed by atoms with Crippen molar-refractivity contribution in [2.75, 3.05) is 40.0 Å². The number of ether oxygens (including phenoxy) is 5. The van der Waals surface area contributed by atoms with Crippen LogP contribution < -0.4 is 18.9 Å². The molecule has 3 aliphatic rings. The first-order valence-electron chi connectivity index (χ1n) is 19.2. The Morgan fingerprint density at radius 3 is 2.15 bits per heavy atom. The van der Waals surface area contributed by atoms with Crippen molar-refractivity contribution < 1.29 is 33.3 Å². The maximum atomic E-state index is 13.4. The highest BCUT2D eigenvalue weighted by Gasteiger charge is 2.27. The average molecular weight is 736 g/mol. The van der Waals surface area contributed by atoms with Gasteiger partial charge >= 0.3 is 0 Å². The predicted molar refractivity (Wildman–Crippen MR) is 209 cm³/mol. The molecule has 0 bridgehead atoms. The van der Waals surface area contributed by atoms with Gasteiger partial charge in [0.25, 0.3) is 11.8 Å². The number of carbonyl (C=O) groups excluding carboxylic acids is 2. The number of hydrogen-bond donors (Lipinski definition) is 1. The fourth-order valence-electron chi connectivity index (χ4n) is 7.13. The summed E-state index contributed by atoms with van der Waals surface area (Å²) < 4.78 is 30.3. The number of amides is 2. The molecular weight excluding hydrogens is 682 g/mol. The van der Waals surface area contributed by atoms with Crippen LogP contribution in [0.2, 0.25) is 0 Å². The Hall–Kier alpha value is -5.25. The molecule has 0 saturated carbocycles. The summed E-state index contributed by atoms with van der Waals surface area (Å²) in [7, 11) is 1.56. The molecule has 286 valence electrons. The van der Waals surface area contributed by atoms with Gasteiger partial charge in [0.2, 0.25) is 0 Å². The van der Waals surface area contributed by atoms with Gasteiger partial charge in [0.1, 0.15) is 43.7 Å². The first kappa shape index (κ1) is 38.5. The molecule has 2 saturated heterocycles. The molecule has 3 aromatic carbocycles. The van der Waals surface area contributed by atoms with E-state index in [0.29, 0.717) is 59.8 Å². The largest absolute Gasteiger partial charge is 0.493 e. The Labute approximate surface area is 319 Å². The van der Waals surface area contributed by atoms with Crippen LogP contribution in [0, 0.1) is 18.3 Å². The van der Waals surface area contributed by atoms with E-state index in [4.69, 9.17) is 29.1 Å². The van der Waals surface area contributed by atoms with Gasteiger partial charge in [-0.15, -0.1) is 0 Å². The standard InChI is InChI=1S/C44H53N3O7/c1-31-10-14-38(15-11-31)51-21-22-52-39-25-33(29-53-40-16-12-35(23-32(40)2)43(48)46-18-6-4-7-19-46)24-34(26-39)30-54-41-17-13-36(27-42(41)50-3)44(49)47-20-8-5-9-37(47)28-45/h10,12-17,23-28,31,37,45H,4-9,11,18-22,29-30H2,1-3H3/t31?,37-/m0/s1. The molecule has 0 spiro atoms. The summed E-state index contributed by atoms with van der Waals surface area (Å²) in [5.74, 6) is 3.67. The van der Waals surface area contributed by atoms with Crippen molar-refractivity contribution in [1.29, 1.82) is 5.41 Å². The highest BCUT2D eigenvalue weighted by molar-refractivity contribution is 5.96. The van der Waals surface area contributed by atoms with E-state index in [0.717, 1.165) is 74.1 Å². The second kappa shape index (κ2) is 18.7. The number of piperidine rings is 2. The topological polar surface area (TPSA) is 111 Å². The lowest BCUT2D eigenvalue weighted by Crippen LogP contribution is -2.44. The van der Waals surface area contributed by atoms with Gasteiger partial charge < -0.3 is 38.9 Å². The molecule has 0 aromatic heterocycles. The fourth-order valence-corrected chi connectivity index (χ4v) is 7.13. The Morgan fingerprint density at radius 2 is 1.46 bits per heavy atom. The number of aryl methyl sites for hydroxylation is 1. The number of carbonyl (C=O) groups is 2. The summed E-state index contributed by atoms with van der Waals surface area (Å²) in [6.45, 7) is 7.65. The molecule has 2 heterocycles. The van der Waals surface area contributed by atoms with Crippen LogP contribution in [0.1, 0.15) is 89.3 Å². The van der Waals surface area contributed by atoms with Crippen molar-refractivity contribution >= 4 is 18.0 Å². The SMILES string of the molecule is COc1cc(C(=O)N2CCCC[C@H]2C=N)ccc1OCc1cc(COc2ccc(C(=O)N3CCCCC3)cc2C)cc(OCCOC2=CCC(C)C=C2)c1. The summed E-state index contributed by atoms with van der Waals surface area (Å²) in [6.07, 6.45) is 14.6. The molecule has 1 N–H and O–H groups in total. The second-order valence-corrected chi connectivity index (χ2v) is 14.4. The molecule has 1 unspecified atom stereocenters. The van der Waals surface area contributed by atoms with E-state index in [9.17, 15) is 9.59 Å². The van der Waals surface area contributed by atoms with Gasteiger partial charge in [-0.3, -0.25) is 9.59 Å². The Kier molecular flexibility index (Phi) is 13.3. The molecule has 10 nitrogen and oxygen atoms in total. The van der Waals surface area contributed by atoms with Crippen LogP contribution in [0.5, 0.6) is 23.0 Å². The zero-order valence-corrected chi connectivity index (χ0v) is 31.8. The molecule has 10 heteroatoms. The number of hydrogen-bond acceptors (Lipinski definition) is 8. The molecule has 2 amide bonds. The van der Waals surface area contributed by atoms with Gasteiger partial charge in [0.05, 0.1) is 13.2 Å². The fraction of sp³-hybridized carbons (Fsp3) is 0.432. The third kappa shape index (κ3) is 10.0. The minimum atomic E-state index is -0.186. The Bertz CT molecular complexity index is 1850. The molecule has 1 aliphatic carbocycles. The van der Waals surface area contributed by atoms with Crippen LogP contribution in [0.15, 0.2) is 78.6 Å². The molecule has 6 rings (SSSR count). The molecule has 3 aromatic rings. The second-order valence-electron chi connectivity index (χ2n) is 14.4. The zero-order valence-electron chi connectivity index (χ0n) is 31.8. The molecule has 2 aliphatic heterocycles. The van der Waals surface area contributed by atoms with Gasteiger partial charge in [0, 0.05) is 37.0 Å². The van der Waals surface area contributed by atoms with Crippen LogP contribution >= 0.6 is 0 Å². The highest BCUT2D eigenvalue weighted by atomic mass is 16.5. The lowest BCUT2D eigenvalue weighted by Gasteiger charge is -2.33. The van der Waals surface area contributed by atoms with E-state index in [1.165, 1.54) is 12.6 Å². The number of nitrogens with one attached hydrogen (secondary N) is 1. The van der Waals surface area contributed by atoms with Crippen molar-refractivity contribution in [2.24, 2.45) is 5.92 Å². The van der Waals surface area contributed by atoms with Gasteiger partial charge in [-0.25, -0.2) is 0 Å². The zero-order chi connectivity index (χ0) is 37.9. The Morgan fingerprint density at radius 1 is 0.778 bits per heavy atom. The maximum Gasteiger partial charge on any atom is 0.254 e. The van der Waals surface area contributed by atoms with E-state index < -0.39 is 0 Å². The van der Waals surface area contributed by atoms with Crippen LogP contribution in [0.3, 0.4) is 0 Å². The normalized spacial score (nSPS) is 18.4. The summed E-state index contributed by atoms with van der Waals surface area (Å²) in [6, 6.07) is 16.6. The summed E-state index contributed by atoms with van der Waals surface area (Å²) >= 11 is 0. The molecule has 2 fully saturated rings. The van der Waals surface area contributed by atoms with E-state index in [1.54, 1.807) is 30.2 Å². The van der Waals surface area contributed by atoms with Gasteiger partial charge in [-0.05, 0) is 141 Å². The van der Waals surface area contributed by atoms with Crippen molar-refractivity contribution in [2.45, 2.75) is 78.0 Å². The van der Waals surface area contributed by atoms with Crippen molar-refractivity contribution in [3.63, 3.8) is 0 Å². The summed E-state index contributed by atoms with van der Waals surface area (Å²) in [5.41, 5.74) is 3.83. The number of benzene rings is 3. The van der Waals surface area contributed by atoms with E-state index in [-0.39, 0.29) is 31.1 Å². The number of likely N-dealkylation sites (tertiary alicyclic amines) is 2. The minimum absolute atomic E-state index is 0.0736. The highest BCUT2D eigenvalue weighted by Crippen LogP contribution is 2.31. The first-order valence-corrected chi connectivity index (χ1v) is 19.2. The molecule has 0 radical (unpaired) electrons. The van der Waals surface area contributed by atoms with E-state index in [2.05, 4.69) is 19.1 Å². The van der Waals surface area contributed by atoms with Crippen molar-refractivity contribution in [3.05, 3.63) is 106 Å². The molecule has 2 atom stereocenters. The van der Waals surface area contributed by atoms with Crippen molar-refractivity contribution in [1.82, 2.24) is 9.80 Å². The Balaban J connectivity index is 1.14. The minimum Gasteiger partial charge on any atom is -0.493 e. The smallest absolute Gasteiger partial charge is 0.254 e. The number of allylic oxidation sites excluding steroid dienone is 3. The number of rotatable bonds is 15. The van der Waals surface area contributed by atoms with Gasteiger partial charge in [-0.2, -0.15) is 0 Å². The quantitative estimate of drug-likeness (QED) is 0.124. The summed E-state index contributed by atoms with van der Waals surface area (Å²) in [5, 5.41) is 7.79. The lowest BCUT2D eigenvalue weighted by atomic mass is 10.0. The third-order valence-electron chi connectivity index (χ3n) is 10.2. The maximum absolute atomic E-state index is 13.4. The van der Waals surface area contributed by atoms with Crippen LogP contribution in [0.25, 0.3) is 0 Å². The van der Waals surface area contributed by atoms with Crippen LogP contribution in [-0.4, -0.2) is 73.8 Å². The van der Waals surface area contributed by atoms with Crippen LogP contribution in [0.4, 0.5) is 0 Å².